The maximum atomic E-state index is 11.0. The summed E-state index contributed by atoms with van der Waals surface area (Å²) in [7, 11) is 0. The lowest BCUT2D eigenvalue weighted by atomic mass is 9.79. The van der Waals surface area contributed by atoms with Gasteiger partial charge in [0.1, 0.15) is 4.49 Å². The predicted octanol–water partition coefficient (Wildman–Crippen LogP) is 5.04. The van der Waals surface area contributed by atoms with Crippen molar-refractivity contribution in [2.45, 2.75) is 18.8 Å². The first-order chi connectivity index (χ1) is 8.26. The summed E-state index contributed by atoms with van der Waals surface area (Å²) in [6.07, 6.45) is 1.21. The largest absolute Gasteiger partial charge is 0.481 e. The van der Waals surface area contributed by atoms with Crippen molar-refractivity contribution in [1.29, 1.82) is 0 Å². The van der Waals surface area contributed by atoms with Crippen molar-refractivity contribution in [1.82, 2.24) is 0 Å². The first-order valence-electron chi connectivity index (χ1n) is 4.96. The fraction of sp³-hybridized carbons (Fsp3) is 0.250. The number of hydrogen-bond donors (Lipinski definition) is 1. The summed E-state index contributed by atoms with van der Waals surface area (Å²) >= 11 is 23.5. The molecule has 0 radical (unpaired) electrons. The van der Waals surface area contributed by atoms with E-state index in [1.807, 2.05) is 0 Å². The Morgan fingerprint density at radius 2 is 1.83 bits per heavy atom. The summed E-state index contributed by atoms with van der Waals surface area (Å²) in [4.78, 5) is 11.0. The van der Waals surface area contributed by atoms with Crippen molar-refractivity contribution in [2.24, 2.45) is 0 Å². The molecule has 1 atom stereocenters. The molecule has 1 N–H and O–H groups in total. The molecule has 0 aromatic heterocycles. The highest BCUT2D eigenvalue weighted by Crippen LogP contribution is 2.40. The Kier molecular flexibility index (Phi) is 5.35. The number of halogens is 4. The van der Waals surface area contributed by atoms with Gasteiger partial charge in [-0.05, 0) is 23.8 Å². The van der Waals surface area contributed by atoms with Gasteiger partial charge in [0.15, 0.2) is 0 Å². The molecular weight excluding hydrogens is 318 g/mol. The summed E-state index contributed by atoms with van der Waals surface area (Å²) in [5, 5.41) is 9.75. The lowest BCUT2D eigenvalue weighted by Crippen LogP contribution is -2.24. The maximum Gasteiger partial charge on any atom is 0.304 e. The molecule has 0 aliphatic carbocycles. The number of benzene rings is 1. The van der Waals surface area contributed by atoms with E-state index in [9.17, 15) is 4.79 Å². The number of hydrogen-bond acceptors (Lipinski definition) is 1. The van der Waals surface area contributed by atoms with E-state index in [4.69, 9.17) is 51.5 Å². The first kappa shape index (κ1) is 15.6. The van der Waals surface area contributed by atoms with Gasteiger partial charge in [0.05, 0.1) is 6.42 Å². The number of carboxylic acid groups (broad SMARTS) is 1. The van der Waals surface area contributed by atoms with Crippen molar-refractivity contribution < 1.29 is 9.90 Å². The van der Waals surface area contributed by atoms with Crippen LogP contribution in [0.3, 0.4) is 0 Å². The summed E-state index contributed by atoms with van der Waals surface area (Å²) in [6, 6.07) is 4.96. The standard InChI is InChI=1S/C12H10Cl4O2/c1-12(5-9(15)16,6-10(17)18)11-7(13)3-2-4-8(11)14/h2-5H,6H2,1H3,(H,17,18). The van der Waals surface area contributed by atoms with E-state index in [0.29, 0.717) is 15.6 Å². The molecule has 1 aromatic carbocycles. The first-order valence-corrected chi connectivity index (χ1v) is 6.47. The van der Waals surface area contributed by atoms with Crippen LogP contribution in [-0.2, 0) is 10.2 Å². The third-order valence-electron chi connectivity index (χ3n) is 2.48. The van der Waals surface area contributed by atoms with E-state index in [0.717, 1.165) is 0 Å². The highest BCUT2D eigenvalue weighted by atomic mass is 35.5. The molecule has 0 saturated carbocycles. The van der Waals surface area contributed by atoms with Crippen LogP contribution in [-0.4, -0.2) is 11.1 Å². The zero-order valence-electron chi connectivity index (χ0n) is 9.38. The second-order valence-electron chi connectivity index (χ2n) is 4.02. The topological polar surface area (TPSA) is 37.3 Å². The summed E-state index contributed by atoms with van der Waals surface area (Å²) in [6.45, 7) is 1.67. The molecule has 0 bridgehead atoms. The number of allylic oxidation sites excluding steroid dienone is 1. The Hall–Kier alpha value is -0.410. The van der Waals surface area contributed by atoms with E-state index >= 15 is 0 Å². The predicted molar refractivity (Wildman–Crippen MR) is 75.9 cm³/mol. The van der Waals surface area contributed by atoms with Crippen LogP contribution in [0.1, 0.15) is 18.9 Å². The van der Waals surface area contributed by atoms with Crippen molar-refractivity contribution in [3.63, 3.8) is 0 Å². The van der Waals surface area contributed by atoms with E-state index < -0.39 is 11.4 Å². The highest BCUT2D eigenvalue weighted by Gasteiger charge is 2.32. The molecule has 6 heteroatoms. The lowest BCUT2D eigenvalue weighted by molar-refractivity contribution is -0.137. The fourth-order valence-corrected chi connectivity index (χ4v) is 3.12. The second kappa shape index (κ2) is 6.16. The summed E-state index contributed by atoms with van der Waals surface area (Å²) < 4.78 is -0.0327. The second-order valence-corrected chi connectivity index (χ2v) is 5.84. The average molecular weight is 328 g/mol. The van der Waals surface area contributed by atoms with Crippen LogP contribution in [0.25, 0.3) is 0 Å². The molecule has 1 aromatic rings. The minimum atomic E-state index is -1.00. The molecule has 98 valence electrons. The molecule has 1 rings (SSSR count). The van der Waals surface area contributed by atoms with Gasteiger partial charge in [-0.2, -0.15) is 0 Å². The molecular formula is C12H10Cl4O2. The smallest absolute Gasteiger partial charge is 0.304 e. The zero-order chi connectivity index (χ0) is 13.9. The number of aliphatic carboxylic acids is 1. The van der Waals surface area contributed by atoms with Gasteiger partial charge in [-0.25, -0.2) is 0 Å². The monoisotopic (exact) mass is 326 g/mol. The highest BCUT2D eigenvalue weighted by molar-refractivity contribution is 6.56. The van der Waals surface area contributed by atoms with Crippen LogP contribution in [0.5, 0.6) is 0 Å². The average Bonchev–Trinajstić information content (AvgIpc) is 2.13. The summed E-state index contributed by atoms with van der Waals surface area (Å²) in [5.41, 5.74) is -0.477. The van der Waals surface area contributed by atoms with Crippen LogP contribution >= 0.6 is 46.4 Å². The Balaban J connectivity index is 3.43. The van der Waals surface area contributed by atoms with Gasteiger partial charge < -0.3 is 5.11 Å². The third kappa shape index (κ3) is 3.79. The van der Waals surface area contributed by atoms with Crippen molar-refractivity contribution in [2.75, 3.05) is 0 Å². The molecule has 0 spiro atoms. The number of carboxylic acids is 1. The van der Waals surface area contributed by atoms with Gasteiger partial charge in [0.2, 0.25) is 0 Å². The number of rotatable bonds is 4. The van der Waals surface area contributed by atoms with Crippen LogP contribution < -0.4 is 0 Å². The van der Waals surface area contributed by atoms with E-state index in [1.54, 1.807) is 25.1 Å². The molecule has 0 saturated heterocycles. The van der Waals surface area contributed by atoms with Gasteiger partial charge in [-0.1, -0.05) is 59.4 Å². The minimum absolute atomic E-state index is 0.0327. The van der Waals surface area contributed by atoms with Crippen LogP contribution in [0, 0.1) is 0 Å². The van der Waals surface area contributed by atoms with E-state index in [-0.39, 0.29) is 10.9 Å². The van der Waals surface area contributed by atoms with Crippen molar-refractivity contribution in [3.05, 3.63) is 44.4 Å². The lowest BCUT2D eigenvalue weighted by Gasteiger charge is -2.27. The molecule has 0 heterocycles. The molecule has 0 fully saturated rings. The van der Waals surface area contributed by atoms with Gasteiger partial charge >= 0.3 is 5.97 Å². The van der Waals surface area contributed by atoms with Crippen molar-refractivity contribution in [3.8, 4) is 0 Å². The van der Waals surface area contributed by atoms with Crippen LogP contribution in [0.4, 0.5) is 0 Å². The fourth-order valence-electron chi connectivity index (χ4n) is 1.81. The van der Waals surface area contributed by atoms with Gasteiger partial charge in [-0.3, -0.25) is 4.79 Å². The van der Waals surface area contributed by atoms with Crippen LogP contribution in [0.15, 0.2) is 28.8 Å². The van der Waals surface area contributed by atoms with Crippen LogP contribution in [0.2, 0.25) is 10.0 Å². The zero-order valence-corrected chi connectivity index (χ0v) is 12.4. The maximum absolute atomic E-state index is 11.0. The Labute approximate surface area is 125 Å². The van der Waals surface area contributed by atoms with Gasteiger partial charge in [0.25, 0.3) is 0 Å². The third-order valence-corrected chi connectivity index (χ3v) is 3.33. The Bertz CT molecular complexity index is 475. The van der Waals surface area contributed by atoms with Gasteiger partial charge in [-0.15, -0.1) is 0 Å². The molecule has 18 heavy (non-hydrogen) atoms. The molecule has 2 nitrogen and oxygen atoms in total. The Morgan fingerprint density at radius 3 is 2.22 bits per heavy atom. The quantitative estimate of drug-likeness (QED) is 0.840. The van der Waals surface area contributed by atoms with E-state index in [2.05, 4.69) is 0 Å². The summed E-state index contributed by atoms with van der Waals surface area (Å²) in [5.74, 6) is -1.00. The van der Waals surface area contributed by atoms with Gasteiger partial charge in [0, 0.05) is 15.5 Å². The normalized spacial score (nSPS) is 13.8. The minimum Gasteiger partial charge on any atom is -0.481 e. The molecule has 0 aliphatic heterocycles. The molecule has 0 aliphatic rings. The van der Waals surface area contributed by atoms with E-state index in [1.165, 1.54) is 6.08 Å². The SMILES string of the molecule is CC(C=C(Cl)Cl)(CC(=O)O)c1c(Cl)cccc1Cl. The number of carbonyl (C=O) groups is 1. The van der Waals surface area contributed by atoms with Crippen molar-refractivity contribution >= 4 is 52.4 Å². The molecule has 0 amide bonds. The Morgan fingerprint density at radius 1 is 1.33 bits per heavy atom. The molecule has 1 unspecified atom stereocenters.